The van der Waals surface area contributed by atoms with Crippen LogP contribution in [-0.4, -0.2) is 28.0 Å². The Labute approximate surface area is 120 Å². The number of fused-ring (bicyclic) bond motifs is 1. The smallest absolute Gasteiger partial charge is 0.123 e. The molecule has 0 saturated heterocycles. The minimum absolute atomic E-state index is 0.738. The van der Waals surface area contributed by atoms with E-state index >= 15 is 0 Å². The van der Waals surface area contributed by atoms with E-state index in [1.165, 1.54) is 6.42 Å². The summed E-state index contributed by atoms with van der Waals surface area (Å²) < 4.78 is 2.15. The van der Waals surface area contributed by atoms with Crippen molar-refractivity contribution in [3.05, 3.63) is 29.0 Å². The molecule has 0 fully saturated rings. The molecule has 0 spiro atoms. The van der Waals surface area contributed by atoms with Crippen molar-refractivity contribution in [3.8, 4) is 0 Å². The molecule has 1 heterocycles. The van der Waals surface area contributed by atoms with E-state index in [9.17, 15) is 0 Å². The van der Waals surface area contributed by atoms with Gasteiger partial charge in [-0.3, -0.25) is 4.90 Å². The maximum atomic E-state index is 6.01. The van der Waals surface area contributed by atoms with Crippen molar-refractivity contribution in [2.24, 2.45) is 13.0 Å². The highest BCUT2D eigenvalue weighted by molar-refractivity contribution is 6.31. The molecule has 4 heteroatoms. The van der Waals surface area contributed by atoms with E-state index in [1.54, 1.807) is 0 Å². The second-order valence-corrected chi connectivity index (χ2v) is 6.08. The summed E-state index contributed by atoms with van der Waals surface area (Å²) in [5.74, 6) is 1.82. The Hall–Kier alpha value is -1.06. The summed E-state index contributed by atoms with van der Waals surface area (Å²) in [6, 6.07) is 5.87. The Morgan fingerprint density at radius 2 is 2.11 bits per heavy atom. The number of imidazole rings is 1. The van der Waals surface area contributed by atoms with E-state index in [-0.39, 0.29) is 0 Å². The molecule has 0 aliphatic carbocycles. The van der Waals surface area contributed by atoms with Gasteiger partial charge in [0.25, 0.3) is 0 Å². The molecule has 1 aromatic heterocycles. The summed E-state index contributed by atoms with van der Waals surface area (Å²) in [6.45, 7) is 6.48. The fraction of sp³-hybridized carbons (Fsp3) is 0.533. The SMILES string of the molecule is CC(C)CCN(C)Cc1nc2cc(Cl)ccc2n1C. The minimum atomic E-state index is 0.738. The molecule has 0 aliphatic heterocycles. The molecule has 0 bridgehead atoms. The van der Waals surface area contributed by atoms with Crippen molar-refractivity contribution < 1.29 is 0 Å². The van der Waals surface area contributed by atoms with Crippen LogP contribution in [0.3, 0.4) is 0 Å². The number of hydrogen-bond acceptors (Lipinski definition) is 2. The molecule has 3 nitrogen and oxygen atoms in total. The van der Waals surface area contributed by atoms with Gasteiger partial charge in [0, 0.05) is 12.1 Å². The molecule has 0 radical (unpaired) electrons. The summed E-state index contributed by atoms with van der Waals surface area (Å²) in [6.07, 6.45) is 1.21. The molecule has 0 atom stereocenters. The van der Waals surface area contributed by atoms with Gasteiger partial charge in [-0.1, -0.05) is 25.4 Å². The highest BCUT2D eigenvalue weighted by atomic mass is 35.5. The number of aryl methyl sites for hydroxylation is 1. The van der Waals surface area contributed by atoms with E-state index in [0.717, 1.165) is 40.9 Å². The average molecular weight is 280 g/mol. The molecule has 0 N–H and O–H groups in total. The van der Waals surface area contributed by atoms with Gasteiger partial charge < -0.3 is 4.57 Å². The fourth-order valence-electron chi connectivity index (χ4n) is 2.16. The molecular weight excluding hydrogens is 258 g/mol. The lowest BCUT2D eigenvalue weighted by Crippen LogP contribution is -2.22. The number of hydrogen-bond donors (Lipinski definition) is 0. The molecule has 104 valence electrons. The van der Waals surface area contributed by atoms with Crippen molar-refractivity contribution in [3.63, 3.8) is 0 Å². The minimum Gasteiger partial charge on any atom is -0.330 e. The lowest BCUT2D eigenvalue weighted by molar-refractivity contribution is 0.294. The van der Waals surface area contributed by atoms with Crippen LogP contribution in [0, 0.1) is 5.92 Å². The van der Waals surface area contributed by atoms with Crippen LogP contribution >= 0.6 is 11.6 Å². The summed E-state index contributed by atoms with van der Waals surface area (Å²) in [4.78, 5) is 7.00. The van der Waals surface area contributed by atoms with E-state index in [0.29, 0.717) is 0 Å². The van der Waals surface area contributed by atoms with E-state index in [4.69, 9.17) is 11.6 Å². The van der Waals surface area contributed by atoms with Crippen LogP contribution in [-0.2, 0) is 13.6 Å². The third-order valence-corrected chi connectivity index (χ3v) is 3.67. The third-order valence-electron chi connectivity index (χ3n) is 3.44. The average Bonchev–Trinajstić information content (AvgIpc) is 2.63. The fourth-order valence-corrected chi connectivity index (χ4v) is 2.33. The Morgan fingerprint density at radius 1 is 1.37 bits per heavy atom. The van der Waals surface area contributed by atoms with Crippen molar-refractivity contribution in [1.29, 1.82) is 0 Å². The maximum Gasteiger partial charge on any atom is 0.123 e. The second kappa shape index (κ2) is 5.93. The summed E-state index contributed by atoms with van der Waals surface area (Å²) in [5, 5.41) is 0.741. The van der Waals surface area contributed by atoms with Gasteiger partial charge in [-0.05, 0) is 44.1 Å². The van der Waals surface area contributed by atoms with Crippen molar-refractivity contribution in [2.45, 2.75) is 26.8 Å². The van der Waals surface area contributed by atoms with E-state index in [2.05, 4.69) is 42.4 Å². The standard InChI is InChI=1S/C15H22ClN3/c1-11(2)7-8-18(3)10-15-17-13-9-12(16)5-6-14(13)19(15)4/h5-6,9,11H,7-8,10H2,1-4H3. The molecule has 0 amide bonds. The zero-order chi connectivity index (χ0) is 14.0. The van der Waals surface area contributed by atoms with Gasteiger partial charge in [0.1, 0.15) is 5.82 Å². The first kappa shape index (κ1) is 14.4. The van der Waals surface area contributed by atoms with Crippen molar-refractivity contribution in [1.82, 2.24) is 14.5 Å². The van der Waals surface area contributed by atoms with Crippen LogP contribution < -0.4 is 0 Å². The van der Waals surface area contributed by atoms with Crippen molar-refractivity contribution >= 4 is 22.6 Å². The molecule has 2 aromatic rings. The number of nitrogens with zero attached hydrogens (tertiary/aromatic N) is 3. The number of aromatic nitrogens is 2. The van der Waals surface area contributed by atoms with Gasteiger partial charge in [-0.15, -0.1) is 0 Å². The number of rotatable bonds is 5. The quantitative estimate of drug-likeness (QED) is 0.832. The van der Waals surface area contributed by atoms with E-state index < -0.39 is 0 Å². The molecule has 0 saturated carbocycles. The predicted molar refractivity (Wildman–Crippen MR) is 81.5 cm³/mol. The molecule has 1 aromatic carbocycles. The summed E-state index contributed by atoms with van der Waals surface area (Å²) >= 11 is 6.01. The predicted octanol–water partition coefficient (Wildman–Crippen LogP) is 3.70. The second-order valence-electron chi connectivity index (χ2n) is 5.64. The highest BCUT2D eigenvalue weighted by Gasteiger charge is 2.10. The maximum absolute atomic E-state index is 6.01. The van der Waals surface area contributed by atoms with Crippen LogP contribution in [0.2, 0.25) is 5.02 Å². The highest BCUT2D eigenvalue weighted by Crippen LogP contribution is 2.20. The van der Waals surface area contributed by atoms with Crippen molar-refractivity contribution in [2.75, 3.05) is 13.6 Å². The largest absolute Gasteiger partial charge is 0.330 e. The first-order chi connectivity index (χ1) is 8.97. The zero-order valence-corrected chi connectivity index (χ0v) is 12.9. The molecule has 2 rings (SSSR count). The van der Waals surface area contributed by atoms with Gasteiger partial charge in [-0.25, -0.2) is 4.98 Å². The Kier molecular flexibility index (Phi) is 4.48. The first-order valence-electron chi connectivity index (χ1n) is 6.76. The third kappa shape index (κ3) is 3.48. The molecule has 19 heavy (non-hydrogen) atoms. The van der Waals surface area contributed by atoms with Gasteiger partial charge in [0.05, 0.1) is 17.6 Å². The monoisotopic (exact) mass is 279 g/mol. The lowest BCUT2D eigenvalue weighted by atomic mass is 10.1. The Morgan fingerprint density at radius 3 is 2.79 bits per heavy atom. The van der Waals surface area contributed by atoms with Gasteiger partial charge >= 0.3 is 0 Å². The van der Waals surface area contributed by atoms with Crippen LogP contribution in [0.5, 0.6) is 0 Å². The van der Waals surface area contributed by atoms with Crippen LogP contribution in [0.4, 0.5) is 0 Å². The molecular formula is C15H22ClN3. The lowest BCUT2D eigenvalue weighted by Gasteiger charge is -2.17. The van der Waals surface area contributed by atoms with Gasteiger partial charge in [0.15, 0.2) is 0 Å². The number of benzene rings is 1. The number of halogens is 1. The van der Waals surface area contributed by atoms with E-state index in [1.807, 2.05) is 18.2 Å². The van der Waals surface area contributed by atoms with Crippen LogP contribution in [0.25, 0.3) is 11.0 Å². The summed E-state index contributed by atoms with van der Waals surface area (Å²) in [5.41, 5.74) is 2.11. The van der Waals surface area contributed by atoms with Gasteiger partial charge in [0.2, 0.25) is 0 Å². The normalized spacial score (nSPS) is 11.9. The topological polar surface area (TPSA) is 21.1 Å². The van der Waals surface area contributed by atoms with Crippen LogP contribution in [0.15, 0.2) is 18.2 Å². The molecule has 0 unspecified atom stereocenters. The zero-order valence-electron chi connectivity index (χ0n) is 12.2. The van der Waals surface area contributed by atoms with Crippen LogP contribution in [0.1, 0.15) is 26.1 Å². The Bertz CT molecular complexity index is 560. The summed E-state index contributed by atoms with van der Waals surface area (Å²) in [7, 11) is 4.21. The molecule has 0 aliphatic rings. The first-order valence-corrected chi connectivity index (χ1v) is 7.14. The Balaban J connectivity index is 2.14. The van der Waals surface area contributed by atoms with Gasteiger partial charge in [-0.2, -0.15) is 0 Å².